The van der Waals surface area contributed by atoms with Crippen LogP contribution in [-0.2, 0) is 16.4 Å². The number of carbonyl (C=O) groups is 1. The van der Waals surface area contributed by atoms with Gasteiger partial charge in [-0.1, -0.05) is 44.2 Å². The number of phenolic OH excluding ortho intramolecular Hbond substituents is 2. The van der Waals surface area contributed by atoms with Crippen molar-refractivity contribution in [1.29, 1.82) is 0 Å². The van der Waals surface area contributed by atoms with Crippen molar-refractivity contribution in [1.82, 2.24) is 9.62 Å². The number of sulfonamides is 1. The number of aliphatic hydroxyl groups is 1. The van der Waals surface area contributed by atoms with Gasteiger partial charge in [-0.15, -0.1) is 0 Å². The number of aliphatic hydroxyl groups excluding tert-OH is 1. The quantitative estimate of drug-likeness (QED) is 0.276. The van der Waals surface area contributed by atoms with Gasteiger partial charge in [-0.3, -0.25) is 4.79 Å². The fraction of sp³-hybridized carbons (Fsp3) is 0.321. The van der Waals surface area contributed by atoms with E-state index in [-0.39, 0.29) is 41.6 Å². The number of hydrogen-bond donors (Lipinski definition) is 4. The minimum atomic E-state index is -3.98. The second-order valence-electron chi connectivity index (χ2n) is 9.43. The van der Waals surface area contributed by atoms with Gasteiger partial charge in [0, 0.05) is 19.2 Å². The van der Waals surface area contributed by atoms with Crippen molar-refractivity contribution in [3.8, 4) is 17.2 Å². The highest BCUT2D eigenvalue weighted by molar-refractivity contribution is 7.89. The summed E-state index contributed by atoms with van der Waals surface area (Å²) in [7, 11) is -2.49. The third-order valence-electron chi connectivity index (χ3n) is 5.96. The van der Waals surface area contributed by atoms with Crippen LogP contribution < -0.4 is 10.1 Å². The van der Waals surface area contributed by atoms with Gasteiger partial charge in [0.15, 0.2) is 0 Å². The Bertz CT molecular complexity index is 1310. The maximum Gasteiger partial charge on any atom is 0.255 e. The molecule has 0 bridgehead atoms. The number of hydrogen-bond acceptors (Lipinski definition) is 7. The summed E-state index contributed by atoms with van der Waals surface area (Å²) in [5, 5.41) is 33.7. The lowest BCUT2D eigenvalue weighted by molar-refractivity contribution is 0.0773. The summed E-state index contributed by atoms with van der Waals surface area (Å²) in [6.45, 7) is 3.63. The SMILES string of the molecule is COc1ccc(S(=O)(=O)N(CC(C)C)C[C@@H](O)[C@H](Cc2ccccc2)NC(=O)c2ccc(O)cc2O)cc1. The molecular formula is C28H34N2O7S. The molecule has 0 aliphatic carbocycles. The van der Waals surface area contributed by atoms with Crippen molar-refractivity contribution in [3.63, 3.8) is 0 Å². The Kier molecular flexibility index (Phi) is 9.73. The van der Waals surface area contributed by atoms with Gasteiger partial charge < -0.3 is 25.4 Å². The molecule has 0 aromatic heterocycles. The third-order valence-corrected chi connectivity index (χ3v) is 7.81. The minimum Gasteiger partial charge on any atom is -0.508 e. The first kappa shape index (κ1) is 29.0. The molecule has 10 heteroatoms. The average molecular weight is 543 g/mol. The standard InChI is InChI=1S/C28H34N2O7S/c1-19(2)17-30(38(35,36)23-12-10-22(37-3)11-13-23)18-27(33)25(15-20-7-5-4-6-8-20)29-28(34)24-14-9-21(31)16-26(24)32/h4-14,16,19,25,27,31-33H,15,17-18H2,1-3H3,(H,29,34)/t25-,27+/m0/s1. The van der Waals surface area contributed by atoms with Crippen LogP contribution in [0.25, 0.3) is 0 Å². The van der Waals surface area contributed by atoms with Crippen molar-refractivity contribution < 1.29 is 33.3 Å². The normalized spacial score (nSPS) is 13.3. The van der Waals surface area contributed by atoms with E-state index in [0.29, 0.717) is 5.75 Å². The van der Waals surface area contributed by atoms with E-state index in [9.17, 15) is 28.5 Å². The van der Waals surface area contributed by atoms with Crippen molar-refractivity contribution in [3.05, 3.63) is 83.9 Å². The van der Waals surface area contributed by atoms with Gasteiger partial charge in [0.2, 0.25) is 10.0 Å². The molecule has 0 unspecified atom stereocenters. The maximum atomic E-state index is 13.5. The van der Waals surface area contributed by atoms with Crippen LogP contribution in [0.3, 0.4) is 0 Å². The van der Waals surface area contributed by atoms with E-state index >= 15 is 0 Å². The number of benzene rings is 3. The van der Waals surface area contributed by atoms with E-state index < -0.39 is 33.8 Å². The second kappa shape index (κ2) is 12.8. The molecule has 4 N–H and O–H groups in total. The summed E-state index contributed by atoms with van der Waals surface area (Å²) in [5.74, 6) is -0.809. The molecule has 0 fully saturated rings. The molecule has 204 valence electrons. The van der Waals surface area contributed by atoms with Gasteiger partial charge in [-0.25, -0.2) is 8.42 Å². The summed E-state index contributed by atoms with van der Waals surface area (Å²) >= 11 is 0. The maximum absolute atomic E-state index is 13.5. The average Bonchev–Trinajstić information content (AvgIpc) is 2.88. The zero-order valence-corrected chi connectivity index (χ0v) is 22.4. The lowest BCUT2D eigenvalue weighted by Gasteiger charge is -2.31. The van der Waals surface area contributed by atoms with Crippen LogP contribution in [0.15, 0.2) is 77.7 Å². The highest BCUT2D eigenvalue weighted by Crippen LogP contribution is 2.24. The highest BCUT2D eigenvalue weighted by atomic mass is 32.2. The minimum absolute atomic E-state index is 0.0358. The third kappa shape index (κ3) is 7.47. The monoisotopic (exact) mass is 542 g/mol. The smallest absolute Gasteiger partial charge is 0.255 e. The molecule has 0 aliphatic rings. The van der Waals surface area contributed by atoms with Gasteiger partial charge in [-0.05, 0) is 54.3 Å². The van der Waals surface area contributed by atoms with Crippen molar-refractivity contribution in [2.75, 3.05) is 20.2 Å². The summed E-state index contributed by atoms with van der Waals surface area (Å²) in [4.78, 5) is 13.1. The molecule has 3 aromatic carbocycles. The fourth-order valence-electron chi connectivity index (χ4n) is 4.02. The van der Waals surface area contributed by atoms with Crippen LogP contribution >= 0.6 is 0 Å². The number of ether oxygens (including phenoxy) is 1. The largest absolute Gasteiger partial charge is 0.508 e. The Balaban J connectivity index is 1.90. The molecule has 0 saturated heterocycles. The van der Waals surface area contributed by atoms with Crippen LogP contribution in [0.2, 0.25) is 0 Å². The van der Waals surface area contributed by atoms with Crippen LogP contribution in [0.5, 0.6) is 17.2 Å². The van der Waals surface area contributed by atoms with Crippen molar-refractivity contribution >= 4 is 15.9 Å². The van der Waals surface area contributed by atoms with E-state index in [1.807, 2.05) is 44.2 Å². The van der Waals surface area contributed by atoms with E-state index in [4.69, 9.17) is 4.74 Å². The molecule has 3 aromatic rings. The number of phenols is 2. The Labute approximate surface area is 223 Å². The molecule has 2 atom stereocenters. The number of nitrogens with one attached hydrogen (secondary N) is 1. The van der Waals surface area contributed by atoms with Crippen molar-refractivity contribution in [2.45, 2.75) is 37.3 Å². The van der Waals surface area contributed by atoms with E-state index in [2.05, 4.69) is 5.32 Å². The number of aromatic hydroxyl groups is 2. The number of rotatable bonds is 12. The number of methoxy groups -OCH3 is 1. The highest BCUT2D eigenvalue weighted by Gasteiger charge is 2.31. The molecule has 0 heterocycles. The van der Waals surface area contributed by atoms with Crippen LogP contribution in [0.1, 0.15) is 29.8 Å². The molecule has 9 nitrogen and oxygen atoms in total. The number of nitrogens with zero attached hydrogens (tertiary/aromatic N) is 1. The predicted octanol–water partition coefficient (Wildman–Crippen LogP) is 3.16. The van der Waals surface area contributed by atoms with E-state index in [0.717, 1.165) is 11.6 Å². The molecule has 0 saturated carbocycles. The van der Waals surface area contributed by atoms with Crippen LogP contribution in [0, 0.1) is 5.92 Å². The van der Waals surface area contributed by atoms with Gasteiger partial charge in [0.1, 0.15) is 17.2 Å². The molecule has 38 heavy (non-hydrogen) atoms. The molecule has 3 rings (SSSR count). The first-order valence-electron chi connectivity index (χ1n) is 12.2. The molecule has 0 radical (unpaired) electrons. The van der Waals surface area contributed by atoms with Gasteiger partial charge in [0.25, 0.3) is 5.91 Å². The molecular weight excluding hydrogens is 508 g/mol. The van der Waals surface area contributed by atoms with Gasteiger partial charge >= 0.3 is 0 Å². The number of amides is 1. The van der Waals surface area contributed by atoms with Crippen LogP contribution in [-0.4, -0.2) is 66.3 Å². The van der Waals surface area contributed by atoms with Crippen LogP contribution in [0.4, 0.5) is 0 Å². The zero-order chi connectivity index (χ0) is 27.9. The Morgan fingerprint density at radius 3 is 2.21 bits per heavy atom. The zero-order valence-electron chi connectivity index (χ0n) is 21.6. The summed E-state index contributed by atoms with van der Waals surface area (Å²) in [6, 6.07) is 17.9. The fourth-order valence-corrected chi connectivity index (χ4v) is 5.64. The van der Waals surface area contributed by atoms with Gasteiger partial charge in [0.05, 0.1) is 29.7 Å². The van der Waals surface area contributed by atoms with Crippen molar-refractivity contribution in [2.24, 2.45) is 5.92 Å². The summed E-state index contributed by atoms with van der Waals surface area (Å²) in [5.41, 5.74) is 0.734. The van der Waals surface area contributed by atoms with E-state index in [1.54, 1.807) is 12.1 Å². The number of carbonyl (C=O) groups excluding carboxylic acids is 1. The Hall–Kier alpha value is -3.60. The second-order valence-corrected chi connectivity index (χ2v) is 11.4. The summed E-state index contributed by atoms with van der Waals surface area (Å²) < 4.78 is 33.4. The Morgan fingerprint density at radius 1 is 0.974 bits per heavy atom. The first-order valence-corrected chi connectivity index (χ1v) is 13.6. The first-order chi connectivity index (χ1) is 18.0. The Morgan fingerprint density at radius 2 is 1.63 bits per heavy atom. The predicted molar refractivity (Wildman–Crippen MR) is 144 cm³/mol. The summed E-state index contributed by atoms with van der Waals surface area (Å²) in [6.07, 6.45) is -1.07. The lowest BCUT2D eigenvalue weighted by Crippen LogP contribution is -2.51. The molecule has 1 amide bonds. The topological polar surface area (TPSA) is 136 Å². The van der Waals surface area contributed by atoms with Gasteiger partial charge in [-0.2, -0.15) is 4.31 Å². The van der Waals surface area contributed by atoms with E-state index in [1.165, 1.54) is 35.7 Å². The lowest BCUT2D eigenvalue weighted by atomic mass is 10.00. The molecule has 0 aliphatic heterocycles. The molecule has 0 spiro atoms.